The molecule has 4 heteroatoms. The highest BCUT2D eigenvalue weighted by Gasteiger charge is 2.15. The number of carbonyl (C=O) groups excluding carboxylic acids is 1. The van der Waals surface area contributed by atoms with Crippen LogP contribution in [0.1, 0.15) is 32.6 Å². The third-order valence-electron chi connectivity index (χ3n) is 3.58. The van der Waals surface area contributed by atoms with Crippen LogP contribution in [0.15, 0.2) is 0 Å². The second-order valence-corrected chi connectivity index (χ2v) is 4.86. The Kier molecular flexibility index (Phi) is 7.21. The molecule has 0 aliphatic carbocycles. The van der Waals surface area contributed by atoms with Crippen LogP contribution >= 0.6 is 0 Å². The number of amides is 1. The molecule has 0 bridgehead atoms. The third-order valence-corrected chi connectivity index (χ3v) is 3.58. The molecule has 100 valence electrons. The zero-order chi connectivity index (χ0) is 12.5. The Morgan fingerprint density at radius 3 is 2.71 bits per heavy atom. The Labute approximate surface area is 105 Å². The molecular formula is C13H27N3O. The molecule has 1 fully saturated rings. The Morgan fingerprint density at radius 2 is 2.12 bits per heavy atom. The van der Waals surface area contributed by atoms with Crippen LogP contribution in [0.3, 0.4) is 0 Å². The van der Waals surface area contributed by atoms with Gasteiger partial charge in [0.05, 0.1) is 0 Å². The standard InChI is InChI=1S/C13H27N3O/c1-3-16(10-4-5-13(17)14-2)11-12-6-8-15-9-7-12/h12,15H,3-11H2,1-2H3,(H,14,17). The summed E-state index contributed by atoms with van der Waals surface area (Å²) in [5.74, 6) is 0.999. The van der Waals surface area contributed by atoms with E-state index in [1.54, 1.807) is 7.05 Å². The first-order valence-electron chi connectivity index (χ1n) is 6.90. The molecule has 0 aromatic heterocycles. The van der Waals surface area contributed by atoms with E-state index < -0.39 is 0 Å². The summed E-state index contributed by atoms with van der Waals surface area (Å²) in [5.41, 5.74) is 0. The minimum Gasteiger partial charge on any atom is -0.359 e. The van der Waals surface area contributed by atoms with Gasteiger partial charge in [-0.1, -0.05) is 6.92 Å². The first-order chi connectivity index (χ1) is 8.26. The average Bonchev–Trinajstić information content (AvgIpc) is 2.38. The zero-order valence-electron chi connectivity index (χ0n) is 11.3. The SMILES string of the molecule is CCN(CCCC(=O)NC)CC1CCNCC1. The lowest BCUT2D eigenvalue weighted by Crippen LogP contribution is -2.36. The predicted octanol–water partition coefficient (Wildman–Crippen LogP) is 0.834. The molecule has 1 rings (SSSR count). The van der Waals surface area contributed by atoms with Gasteiger partial charge in [-0.05, 0) is 51.4 Å². The van der Waals surface area contributed by atoms with Crippen LogP contribution in [-0.2, 0) is 4.79 Å². The fourth-order valence-electron chi connectivity index (χ4n) is 2.40. The smallest absolute Gasteiger partial charge is 0.219 e. The molecule has 0 spiro atoms. The molecule has 0 atom stereocenters. The van der Waals surface area contributed by atoms with E-state index in [4.69, 9.17) is 0 Å². The summed E-state index contributed by atoms with van der Waals surface area (Å²) in [6.45, 7) is 7.89. The van der Waals surface area contributed by atoms with E-state index in [1.165, 1.54) is 32.5 Å². The van der Waals surface area contributed by atoms with Gasteiger partial charge in [-0.25, -0.2) is 0 Å². The molecule has 1 aliphatic heterocycles. The minimum atomic E-state index is 0.155. The largest absolute Gasteiger partial charge is 0.359 e. The summed E-state index contributed by atoms with van der Waals surface area (Å²) < 4.78 is 0. The van der Waals surface area contributed by atoms with Gasteiger partial charge in [0.1, 0.15) is 0 Å². The number of rotatable bonds is 7. The molecule has 0 radical (unpaired) electrons. The lowest BCUT2D eigenvalue weighted by molar-refractivity contribution is -0.120. The minimum absolute atomic E-state index is 0.155. The van der Waals surface area contributed by atoms with Crippen LogP contribution in [-0.4, -0.2) is 50.6 Å². The first-order valence-corrected chi connectivity index (χ1v) is 6.90. The van der Waals surface area contributed by atoms with Gasteiger partial charge in [-0.2, -0.15) is 0 Å². The van der Waals surface area contributed by atoms with E-state index in [0.29, 0.717) is 6.42 Å². The van der Waals surface area contributed by atoms with E-state index in [0.717, 1.165) is 25.4 Å². The van der Waals surface area contributed by atoms with E-state index in [1.807, 2.05) is 0 Å². The lowest BCUT2D eigenvalue weighted by Gasteiger charge is -2.29. The predicted molar refractivity (Wildman–Crippen MR) is 71.0 cm³/mol. The Balaban J connectivity index is 2.16. The maximum atomic E-state index is 11.1. The number of hydrogen-bond donors (Lipinski definition) is 2. The van der Waals surface area contributed by atoms with Gasteiger partial charge in [-0.3, -0.25) is 4.79 Å². The lowest BCUT2D eigenvalue weighted by atomic mass is 9.97. The van der Waals surface area contributed by atoms with Crippen molar-refractivity contribution >= 4 is 5.91 Å². The van der Waals surface area contributed by atoms with Gasteiger partial charge in [0.25, 0.3) is 0 Å². The summed E-state index contributed by atoms with van der Waals surface area (Å²) in [7, 11) is 1.70. The number of carbonyl (C=O) groups is 1. The van der Waals surface area contributed by atoms with Gasteiger partial charge in [0, 0.05) is 20.0 Å². The fourth-order valence-corrected chi connectivity index (χ4v) is 2.40. The molecule has 0 aromatic rings. The van der Waals surface area contributed by atoms with E-state index in [-0.39, 0.29) is 5.91 Å². The van der Waals surface area contributed by atoms with Crippen molar-refractivity contribution in [3.63, 3.8) is 0 Å². The molecule has 1 heterocycles. The van der Waals surface area contributed by atoms with Crippen molar-refractivity contribution in [2.24, 2.45) is 5.92 Å². The zero-order valence-corrected chi connectivity index (χ0v) is 11.3. The molecule has 17 heavy (non-hydrogen) atoms. The quantitative estimate of drug-likeness (QED) is 0.694. The topological polar surface area (TPSA) is 44.4 Å². The van der Waals surface area contributed by atoms with Crippen LogP contribution in [0.4, 0.5) is 0 Å². The maximum Gasteiger partial charge on any atom is 0.219 e. The summed E-state index contributed by atoms with van der Waals surface area (Å²) >= 11 is 0. The summed E-state index contributed by atoms with van der Waals surface area (Å²) in [5, 5.41) is 6.07. The maximum absolute atomic E-state index is 11.1. The van der Waals surface area contributed by atoms with Crippen molar-refractivity contribution in [3.05, 3.63) is 0 Å². The molecule has 1 aliphatic rings. The van der Waals surface area contributed by atoms with Crippen LogP contribution in [0.5, 0.6) is 0 Å². The highest BCUT2D eigenvalue weighted by molar-refractivity contribution is 5.75. The molecule has 0 saturated carbocycles. The van der Waals surface area contributed by atoms with Crippen LogP contribution in [0, 0.1) is 5.92 Å². The van der Waals surface area contributed by atoms with Crippen LogP contribution in [0.2, 0.25) is 0 Å². The van der Waals surface area contributed by atoms with Crippen molar-refractivity contribution in [2.45, 2.75) is 32.6 Å². The molecule has 2 N–H and O–H groups in total. The summed E-state index contributed by atoms with van der Waals surface area (Å²) in [6.07, 6.45) is 4.22. The molecular weight excluding hydrogens is 214 g/mol. The number of nitrogens with one attached hydrogen (secondary N) is 2. The molecule has 4 nitrogen and oxygen atoms in total. The molecule has 0 unspecified atom stereocenters. The monoisotopic (exact) mass is 241 g/mol. The van der Waals surface area contributed by atoms with Crippen molar-refractivity contribution in [1.82, 2.24) is 15.5 Å². The van der Waals surface area contributed by atoms with Crippen LogP contribution < -0.4 is 10.6 Å². The summed E-state index contributed by atoms with van der Waals surface area (Å²) in [4.78, 5) is 13.6. The highest BCUT2D eigenvalue weighted by atomic mass is 16.1. The van der Waals surface area contributed by atoms with E-state index >= 15 is 0 Å². The average molecular weight is 241 g/mol. The van der Waals surface area contributed by atoms with Gasteiger partial charge < -0.3 is 15.5 Å². The molecule has 0 aromatic carbocycles. The Bertz CT molecular complexity index is 215. The van der Waals surface area contributed by atoms with E-state index in [2.05, 4.69) is 22.5 Å². The third kappa shape index (κ3) is 6.03. The Morgan fingerprint density at radius 1 is 1.41 bits per heavy atom. The summed E-state index contributed by atoms with van der Waals surface area (Å²) in [6, 6.07) is 0. The van der Waals surface area contributed by atoms with Crippen LogP contribution in [0.25, 0.3) is 0 Å². The second-order valence-electron chi connectivity index (χ2n) is 4.86. The number of nitrogens with zero attached hydrogens (tertiary/aromatic N) is 1. The van der Waals surface area contributed by atoms with Crippen molar-refractivity contribution in [1.29, 1.82) is 0 Å². The fraction of sp³-hybridized carbons (Fsp3) is 0.923. The van der Waals surface area contributed by atoms with Gasteiger partial charge >= 0.3 is 0 Å². The highest BCUT2D eigenvalue weighted by Crippen LogP contribution is 2.13. The molecule has 1 saturated heterocycles. The van der Waals surface area contributed by atoms with Crippen molar-refractivity contribution in [2.75, 3.05) is 39.8 Å². The number of piperidine rings is 1. The first kappa shape index (κ1) is 14.5. The van der Waals surface area contributed by atoms with Gasteiger partial charge in [0.15, 0.2) is 0 Å². The van der Waals surface area contributed by atoms with E-state index in [9.17, 15) is 4.79 Å². The van der Waals surface area contributed by atoms with Crippen molar-refractivity contribution < 1.29 is 4.79 Å². The number of hydrogen-bond acceptors (Lipinski definition) is 3. The normalized spacial score (nSPS) is 17.4. The van der Waals surface area contributed by atoms with Gasteiger partial charge in [0.2, 0.25) is 5.91 Å². The second kappa shape index (κ2) is 8.48. The molecule has 1 amide bonds. The van der Waals surface area contributed by atoms with Gasteiger partial charge in [-0.15, -0.1) is 0 Å². The van der Waals surface area contributed by atoms with Crippen molar-refractivity contribution in [3.8, 4) is 0 Å². The Hall–Kier alpha value is -0.610.